The Morgan fingerprint density at radius 3 is 2.32 bits per heavy atom. The number of hydrogen-bond donors (Lipinski definition) is 1. The molecule has 0 saturated carbocycles. The van der Waals surface area contributed by atoms with Crippen molar-refractivity contribution in [2.75, 3.05) is 0 Å². The van der Waals surface area contributed by atoms with Gasteiger partial charge in [0, 0.05) is 36.9 Å². The maximum absolute atomic E-state index is 13.2. The van der Waals surface area contributed by atoms with Gasteiger partial charge in [0.2, 0.25) is 0 Å². The van der Waals surface area contributed by atoms with Crippen molar-refractivity contribution in [2.45, 2.75) is 26.1 Å². The molecule has 4 aromatic rings. The molecule has 1 N–H and O–H groups in total. The second-order valence-electron chi connectivity index (χ2n) is 8.81. The van der Waals surface area contributed by atoms with E-state index in [0.29, 0.717) is 23.5 Å². The number of amides is 1. The van der Waals surface area contributed by atoms with E-state index in [1.807, 2.05) is 37.3 Å². The van der Waals surface area contributed by atoms with Crippen LogP contribution < -0.4 is 4.74 Å². The summed E-state index contributed by atoms with van der Waals surface area (Å²) in [7, 11) is 0. The van der Waals surface area contributed by atoms with Gasteiger partial charge in [-0.3, -0.25) is 19.6 Å². The van der Waals surface area contributed by atoms with E-state index in [0.717, 1.165) is 16.7 Å². The Hall–Kier alpha value is -4.78. The van der Waals surface area contributed by atoms with E-state index < -0.39 is 17.7 Å². The van der Waals surface area contributed by atoms with E-state index in [1.165, 1.54) is 4.90 Å². The number of aromatic nitrogens is 2. The first kappa shape index (κ1) is 23.9. The van der Waals surface area contributed by atoms with Crippen molar-refractivity contribution in [3.8, 4) is 5.75 Å². The lowest BCUT2D eigenvalue weighted by molar-refractivity contribution is -0.140. The number of aliphatic hydroxyl groups is 1. The lowest BCUT2D eigenvalue weighted by atomic mass is 9.96. The number of aryl methyl sites for hydroxylation is 1. The number of likely N-dealkylation sites (tertiary alicyclic amines) is 1. The summed E-state index contributed by atoms with van der Waals surface area (Å²) in [5, 5.41) is 11.3. The summed E-state index contributed by atoms with van der Waals surface area (Å²) in [5.41, 5.74) is 4.06. The molecular formula is C30H25N3O4. The number of ketones is 1. The minimum Gasteiger partial charge on any atom is -0.507 e. The summed E-state index contributed by atoms with van der Waals surface area (Å²) in [4.78, 5) is 36.0. The summed E-state index contributed by atoms with van der Waals surface area (Å²) in [6.45, 7) is 2.61. The van der Waals surface area contributed by atoms with Crippen molar-refractivity contribution >= 4 is 17.4 Å². The van der Waals surface area contributed by atoms with E-state index >= 15 is 0 Å². The Kier molecular flexibility index (Phi) is 6.76. The van der Waals surface area contributed by atoms with Crippen LogP contribution in [0.1, 0.15) is 33.9 Å². The molecule has 1 unspecified atom stereocenters. The van der Waals surface area contributed by atoms with E-state index in [9.17, 15) is 14.7 Å². The van der Waals surface area contributed by atoms with Crippen molar-refractivity contribution in [1.29, 1.82) is 0 Å². The molecule has 2 aromatic carbocycles. The van der Waals surface area contributed by atoms with E-state index in [1.54, 1.807) is 67.3 Å². The Balaban J connectivity index is 1.46. The lowest BCUT2D eigenvalue weighted by Crippen LogP contribution is -2.29. The van der Waals surface area contributed by atoms with Gasteiger partial charge in [0.05, 0.1) is 11.6 Å². The predicted molar refractivity (Wildman–Crippen MR) is 138 cm³/mol. The molecule has 7 heteroatoms. The molecule has 7 nitrogen and oxygen atoms in total. The van der Waals surface area contributed by atoms with Gasteiger partial charge in [0.25, 0.3) is 11.7 Å². The summed E-state index contributed by atoms with van der Waals surface area (Å²) in [6.07, 6.45) is 6.51. The Morgan fingerprint density at radius 1 is 0.919 bits per heavy atom. The first-order valence-electron chi connectivity index (χ1n) is 11.9. The molecule has 1 saturated heterocycles. The van der Waals surface area contributed by atoms with Gasteiger partial charge in [-0.1, -0.05) is 36.4 Å². The highest BCUT2D eigenvalue weighted by Crippen LogP contribution is 2.40. The molecule has 184 valence electrons. The highest BCUT2D eigenvalue weighted by molar-refractivity contribution is 6.46. The number of aliphatic hydroxyl groups excluding tert-OH is 1. The van der Waals surface area contributed by atoms with Crippen LogP contribution in [0.3, 0.4) is 0 Å². The first-order valence-corrected chi connectivity index (χ1v) is 11.9. The van der Waals surface area contributed by atoms with Crippen molar-refractivity contribution in [1.82, 2.24) is 14.9 Å². The third kappa shape index (κ3) is 4.97. The fraction of sp³-hybridized carbons (Fsp3) is 0.133. The van der Waals surface area contributed by atoms with Gasteiger partial charge in [0.15, 0.2) is 0 Å². The van der Waals surface area contributed by atoms with Gasteiger partial charge in [-0.25, -0.2) is 0 Å². The molecule has 1 aliphatic rings. The van der Waals surface area contributed by atoms with Gasteiger partial charge in [-0.2, -0.15) is 0 Å². The molecule has 2 aromatic heterocycles. The van der Waals surface area contributed by atoms with Gasteiger partial charge < -0.3 is 14.7 Å². The van der Waals surface area contributed by atoms with Crippen LogP contribution in [0.25, 0.3) is 5.76 Å². The number of nitrogens with zero attached hydrogens (tertiary/aromatic N) is 3. The van der Waals surface area contributed by atoms with Crippen molar-refractivity contribution in [3.63, 3.8) is 0 Å². The third-order valence-electron chi connectivity index (χ3n) is 6.40. The van der Waals surface area contributed by atoms with Crippen molar-refractivity contribution in [2.24, 2.45) is 0 Å². The molecule has 0 radical (unpaired) electrons. The second kappa shape index (κ2) is 10.5. The summed E-state index contributed by atoms with van der Waals surface area (Å²) < 4.78 is 5.90. The normalized spacial score (nSPS) is 16.7. The molecule has 1 atom stereocenters. The molecule has 1 fully saturated rings. The number of ether oxygens (including phenoxy) is 1. The van der Waals surface area contributed by atoms with Crippen LogP contribution in [0.15, 0.2) is 103 Å². The number of carbonyl (C=O) groups excluding carboxylic acids is 2. The molecular weight excluding hydrogens is 466 g/mol. The second-order valence-corrected chi connectivity index (χ2v) is 8.81. The zero-order valence-electron chi connectivity index (χ0n) is 20.2. The number of benzene rings is 2. The molecule has 5 rings (SSSR count). The summed E-state index contributed by atoms with van der Waals surface area (Å²) in [6, 6.07) is 21.2. The highest BCUT2D eigenvalue weighted by Gasteiger charge is 2.46. The zero-order chi connectivity index (χ0) is 25.8. The van der Waals surface area contributed by atoms with Crippen LogP contribution in [0.4, 0.5) is 0 Å². The fourth-order valence-corrected chi connectivity index (χ4v) is 4.41. The topological polar surface area (TPSA) is 92.6 Å². The fourth-order valence-electron chi connectivity index (χ4n) is 4.41. The zero-order valence-corrected chi connectivity index (χ0v) is 20.2. The standard InChI is InChI=1S/C30H25N3O4/c1-20-6-2-3-8-24(20)19-37-25-12-10-22(11-13-25)28(34)26-27(23-9-5-15-32-17-23)33(30(36)29(26)35)18-21-7-4-14-31-16-21/h2-17,27,34H,18-19H2,1H3/b28-26-. The van der Waals surface area contributed by atoms with Crippen LogP contribution in [0.5, 0.6) is 5.75 Å². The first-order chi connectivity index (χ1) is 18.0. The van der Waals surface area contributed by atoms with E-state index in [2.05, 4.69) is 9.97 Å². The lowest BCUT2D eigenvalue weighted by Gasteiger charge is -2.25. The Bertz CT molecular complexity index is 1450. The number of hydrogen-bond acceptors (Lipinski definition) is 6. The number of pyridine rings is 2. The maximum atomic E-state index is 13.2. The molecule has 3 heterocycles. The quantitative estimate of drug-likeness (QED) is 0.223. The van der Waals surface area contributed by atoms with Crippen LogP contribution in [0.2, 0.25) is 0 Å². The summed E-state index contributed by atoms with van der Waals surface area (Å²) >= 11 is 0. The average Bonchev–Trinajstić information content (AvgIpc) is 3.18. The van der Waals surface area contributed by atoms with Crippen LogP contribution >= 0.6 is 0 Å². The number of Topliss-reactive ketones (excluding diaryl/α,β-unsaturated/α-hetero) is 1. The van der Waals surface area contributed by atoms with Gasteiger partial charge in [0.1, 0.15) is 18.1 Å². The summed E-state index contributed by atoms with van der Waals surface area (Å²) in [5.74, 6) is -1.04. The molecule has 0 aliphatic carbocycles. The van der Waals surface area contributed by atoms with Crippen LogP contribution in [0, 0.1) is 6.92 Å². The van der Waals surface area contributed by atoms with Gasteiger partial charge in [-0.05, 0) is 65.6 Å². The number of carbonyl (C=O) groups is 2. The maximum Gasteiger partial charge on any atom is 0.295 e. The van der Waals surface area contributed by atoms with Gasteiger partial charge in [-0.15, -0.1) is 0 Å². The van der Waals surface area contributed by atoms with Crippen LogP contribution in [-0.4, -0.2) is 31.7 Å². The molecule has 1 aliphatic heterocycles. The minimum atomic E-state index is -0.786. The Labute approximate surface area is 214 Å². The molecule has 37 heavy (non-hydrogen) atoms. The van der Waals surface area contributed by atoms with E-state index in [-0.39, 0.29) is 17.9 Å². The monoisotopic (exact) mass is 491 g/mol. The molecule has 0 spiro atoms. The Morgan fingerprint density at radius 2 is 1.65 bits per heavy atom. The van der Waals surface area contributed by atoms with Gasteiger partial charge >= 0.3 is 0 Å². The van der Waals surface area contributed by atoms with Crippen LogP contribution in [-0.2, 0) is 22.7 Å². The third-order valence-corrected chi connectivity index (χ3v) is 6.40. The minimum absolute atomic E-state index is 0.0236. The van der Waals surface area contributed by atoms with Crippen molar-refractivity contribution in [3.05, 3.63) is 131 Å². The highest BCUT2D eigenvalue weighted by atomic mass is 16.5. The van der Waals surface area contributed by atoms with E-state index in [4.69, 9.17) is 4.74 Å². The molecule has 1 amide bonds. The number of rotatable bonds is 7. The smallest absolute Gasteiger partial charge is 0.295 e. The van der Waals surface area contributed by atoms with Crippen molar-refractivity contribution < 1.29 is 19.4 Å². The molecule has 0 bridgehead atoms. The average molecular weight is 492 g/mol. The predicted octanol–water partition coefficient (Wildman–Crippen LogP) is 4.99. The SMILES string of the molecule is Cc1ccccc1COc1ccc(/C(O)=C2/C(=O)C(=O)N(Cc3cccnc3)C2c2cccnc2)cc1. The largest absolute Gasteiger partial charge is 0.507 e.